The maximum Gasteiger partial charge on any atom is 0.272 e. The predicted molar refractivity (Wildman–Crippen MR) is 95.8 cm³/mol. The summed E-state index contributed by atoms with van der Waals surface area (Å²) in [5.41, 5.74) is 1.59. The van der Waals surface area contributed by atoms with Crippen molar-refractivity contribution in [1.29, 1.82) is 0 Å². The van der Waals surface area contributed by atoms with Crippen molar-refractivity contribution >= 4 is 26.0 Å². The molecule has 0 aliphatic carbocycles. The highest BCUT2D eigenvalue weighted by Gasteiger charge is 2.18. The molecule has 1 N–H and O–H groups in total. The van der Waals surface area contributed by atoms with Gasteiger partial charge in [0.2, 0.25) is 10.0 Å². The summed E-state index contributed by atoms with van der Waals surface area (Å²) >= 11 is 3.31. The molecule has 2 aromatic carbocycles. The van der Waals surface area contributed by atoms with E-state index in [1.54, 1.807) is 43.3 Å². The molecule has 0 aliphatic rings. The van der Waals surface area contributed by atoms with Crippen molar-refractivity contribution < 1.29 is 21.9 Å². The minimum Gasteiger partial charge on any atom is -0.488 e. The van der Waals surface area contributed by atoms with Gasteiger partial charge in [-0.2, -0.15) is 0 Å². The zero-order chi connectivity index (χ0) is 18.4. The van der Waals surface area contributed by atoms with Gasteiger partial charge in [0.1, 0.15) is 12.4 Å². The summed E-state index contributed by atoms with van der Waals surface area (Å²) in [6.07, 6.45) is -2.57. The Labute approximate surface area is 154 Å². The molecule has 8 heteroatoms. The molecule has 0 heterocycles. The van der Waals surface area contributed by atoms with Gasteiger partial charge in [-0.3, -0.25) is 0 Å². The number of halogens is 3. The Kier molecular flexibility index (Phi) is 6.92. The fourth-order valence-corrected chi connectivity index (χ4v) is 3.77. The average Bonchev–Trinajstić information content (AvgIpc) is 2.60. The lowest BCUT2D eigenvalue weighted by Gasteiger charge is -2.16. The molecule has 0 fully saturated rings. The van der Waals surface area contributed by atoms with E-state index in [-0.39, 0.29) is 10.6 Å². The third kappa shape index (κ3) is 5.76. The maximum atomic E-state index is 12.5. The molecule has 0 bridgehead atoms. The van der Waals surface area contributed by atoms with Crippen molar-refractivity contribution in [2.75, 3.05) is 6.61 Å². The van der Waals surface area contributed by atoms with E-state index in [0.717, 1.165) is 5.56 Å². The van der Waals surface area contributed by atoms with E-state index in [1.807, 2.05) is 0 Å². The Hall–Kier alpha value is -1.51. The van der Waals surface area contributed by atoms with Gasteiger partial charge in [0.25, 0.3) is 6.43 Å². The fraction of sp³-hybridized carbons (Fsp3) is 0.294. The molecule has 0 radical (unpaired) electrons. The zero-order valence-corrected chi connectivity index (χ0v) is 15.9. The van der Waals surface area contributed by atoms with Gasteiger partial charge >= 0.3 is 0 Å². The number of benzene rings is 2. The summed E-state index contributed by atoms with van der Waals surface area (Å²) in [6.45, 7) is 0.972. The normalized spacial score (nSPS) is 13.0. The van der Waals surface area contributed by atoms with Crippen LogP contribution in [-0.4, -0.2) is 21.5 Å². The molecule has 0 saturated heterocycles. The van der Waals surface area contributed by atoms with Crippen LogP contribution in [0.15, 0.2) is 53.4 Å². The number of alkyl halides is 3. The molecule has 0 aliphatic heterocycles. The molecule has 2 aromatic rings. The summed E-state index contributed by atoms with van der Waals surface area (Å²) in [7, 11) is -3.70. The zero-order valence-electron chi connectivity index (χ0n) is 13.5. The van der Waals surface area contributed by atoms with E-state index in [9.17, 15) is 17.2 Å². The van der Waals surface area contributed by atoms with Crippen molar-refractivity contribution in [1.82, 2.24) is 4.72 Å². The number of nitrogens with one attached hydrogen (secondary N) is 1. The highest BCUT2D eigenvalue weighted by molar-refractivity contribution is 9.08. The fourth-order valence-electron chi connectivity index (χ4n) is 2.16. The highest BCUT2D eigenvalue weighted by atomic mass is 79.9. The third-order valence-electron chi connectivity index (χ3n) is 3.45. The molecule has 4 nitrogen and oxygen atoms in total. The summed E-state index contributed by atoms with van der Waals surface area (Å²) < 4.78 is 56.9. The van der Waals surface area contributed by atoms with Gasteiger partial charge < -0.3 is 4.74 Å². The van der Waals surface area contributed by atoms with Crippen LogP contribution in [0.3, 0.4) is 0 Å². The van der Waals surface area contributed by atoms with E-state index in [2.05, 4.69) is 20.7 Å². The van der Waals surface area contributed by atoms with Gasteiger partial charge in [-0.1, -0.05) is 40.2 Å². The van der Waals surface area contributed by atoms with Crippen LogP contribution in [0.4, 0.5) is 8.78 Å². The molecular weight excluding hydrogens is 416 g/mol. The number of hydrogen-bond acceptors (Lipinski definition) is 3. The summed E-state index contributed by atoms with van der Waals surface area (Å²) in [5, 5.41) is 0.641. The van der Waals surface area contributed by atoms with Crippen LogP contribution < -0.4 is 9.46 Å². The molecule has 2 rings (SSSR count). The first-order chi connectivity index (χ1) is 11.8. The second-order valence-corrected chi connectivity index (χ2v) is 7.67. The number of ether oxygens (including phenoxy) is 1. The standard InChI is InChI=1S/C17H18BrF2NO3S/c1-12(14-3-2-4-15(9-14)24-11-17(19)20)21-25(22,23)16-7-5-13(10-18)6-8-16/h2-9,12,17,21H,10-11H2,1H3/t12-/m1/s1. The number of sulfonamides is 1. The van der Waals surface area contributed by atoms with Gasteiger partial charge in [-0.15, -0.1) is 0 Å². The lowest BCUT2D eigenvalue weighted by atomic mass is 10.1. The van der Waals surface area contributed by atoms with E-state index in [0.29, 0.717) is 10.9 Å². The smallest absolute Gasteiger partial charge is 0.272 e. The molecule has 1 atom stereocenters. The second kappa shape index (κ2) is 8.73. The van der Waals surface area contributed by atoms with Crippen LogP contribution in [0.1, 0.15) is 24.1 Å². The molecule has 0 amide bonds. The van der Waals surface area contributed by atoms with E-state index >= 15 is 0 Å². The first-order valence-corrected chi connectivity index (χ1v) is 10.1. The molecule has 0 aromatic heterocycles. The Morgan fingerprint density at radius 3 is 2.44 bits per heavy atom. The summed E-state index contributed by atoms with van der Waals surface area (Å²) in [4.78, 5) is 0.161. The predicted octanol–water partition coefficient (Wildman–Crippen LogP) is 4.26. The average molecular weight is 434 g/mol. The minimum absolute atomic E-state index is 0.161. The van der Waals surface area contributed by atoms with Gasteiger partial charge in [0.15, 0.2) is 0 Å². The minimum atomic E-state index is -3.70. The van der Waals surface area contributed by atoms with Crippen LogP contribution in [0.5, 0.6) is 5.75 Å². The van der Waals surface area contributed by atoms with E-state index in [1.165, 1.54) is 12.1 Å². The molecule has 136 valence electrons. The first-order valence-electron chi connectivity index (χ1n) is 7.50. The quantitative estimate of drug-likeness (QED) is 0.632. The van der Waals surface area contributed by atoms with E-state index < -0.39 is 29.1 Å². The van der Waals surface area contributed by atoms with E-state index in [4.69, 9.17) is 4.74 Å². The second-order valence-electron chi connectivity index (χ2n) is 5.40. The third-order valence-corrected chi connectivity index (χ3v) is 5.66. The molecular formula is C17H18BrF2NO3S. The van der Waals surface area contributed by atoms with Crippen LogP contribution >= 0.6 is 15.9 Å². The van der Waals surface area contributed by atoms with Crippen molar-refractivity contribution in [3.8, 4) is 5.75 Å². The summed E-state index contributed by atoms with van der Waals surface area (Å²) in [5.74, 6) is 0.269. The van der Waals surface area contributed by atoms with Crippen LogP contribution in [0, 0.1) is 0 Å². The number of hydrogen-bond donors (Lipinski definition) is 1. The van der Waals surface area contributed by atoms with Crippen molar-refractivity contribution in [2.24, 2.45) is 0 Å². The van der Waals surface area contributed by atoms with Gasteiger partial charge in [-0.25, -0.2) is 21.9 Å². The van der Waals surface area contributed by atoms with Crippen LogP contribution in [0.25, 0.3) is 0 Å². The lowest BCUT2D eigenvalue weighted by Crippen LogP contribution is -2.26. The Balaban J connectivity index is 2.11. The first kappa shape index (κ1) is 19.8. The lowest BCUT2D eigenvalue weighted by molar-refractivity contribution is 0.0818. The van der Waals surface area contributed by atoms with Crippen molar-refractivity contribution in [3.05, 3.63) is 59.7 Å². The maximum absolute atomic E-state index is 12.5. The monoisotopic (exact) mass is 433 g/mol. The Morgan fingerprint density at radius 2 is 1.84 bits per heavy atom. The number of rotatable bonds is 8. The van der Waals surface area contributed by atoms with Gasteiger partial charge in [0.05, 0.1) is 4.90 Å². The molecule has 0 unspecified atom stereocenters. The molecule has 0 spiro atoms. The Bertz CT molecular complexity index is 798. The van der Waals surface area contributed by atoms with Crippen LogP contribution in [-0.2, 0) is 15.4 Å². The van der Waals surface area contributed by atoms with Gasteiger partial charge in [0, 0.05) is 11.4 Å². The topological polar surface area (TPSA) is 55.4 Å². The largest absolute Gasteiger partial charge is 0.488 e. The van der Waals surface area contributed by atoms with Gasteiger partial charge in [-0.05, 0) is 42.3 Å². The van der Waals surface area contributed by atoms with Crippen molar-refractivity contribution in [3.63, 3.8) is 0 Å². The Morgan fingerprint density at radius 1 is 1.16 bits per heavy atom. The molecule has 25 heavy (non-hydrogen) atoms. The van der Waals surface area contributed by atoms with Crippen molar-refractivity contribution in [2.45, 2.75) is 29.6 Å². The summed E-state index contributed by atoms with van der Waals surface area (Å²) in [6, 6.07) is 12.4. The SMILES string of the molecule is C[C@@H](NS(=O)(=O)c1ccc(CBr)cc1)c1cccc(OCC(F)F)c1. The highest BCUT2D eigenvalue weighted by Crippen LogP contribution is 2.22. The molecule has 0 saturated carbocycles. The van der Waals surface area contributed by atoms with Crippen LogP contribution in [0.2, 0.25) is 0 Å².